The third kappa shape index (κ3) is 7.18. The zero-order valence-electron chi connectivity index (χ0n) is 20.6. The van der Waals surface area contributed by atoms with Crippen LogP contribution in [0.15, 0.2) is 30.3 Å². The summed E-state index contributed by atoms with van der Waals surface area (Å²) in [7, 11) is 6.56. The van der Waals surface area contributed by atoms with E-state index in [0.29, 0.717) is 12.2 Å². The van der Waals surface area contributed by atoms with Gasteiger partial charge in [-0.3, -0.25) is 4.79 Å². The minimum absolute atomic E-state index is 0. The summed E-state index contributed by atoms with van der Waals surface area (Å²) in [6.45, 7) is 3.34. The lowest BCUT2D eigenvalue weighted by Crippen LogP contribution is -2.34. The molecule has 1 N–H and O–H groups in total. The molecule has 7 nitrogen and oxygen atoms in total. The SMILES string of the molecule is COc1ccc(CCCNCCCN2CCc3cc(OC)c(OC)cc3CC2=O)cc1OC.Cl. The van der Waals surface area contributed by atoms with Crippen LogP contribution >= 0.6 is 12.4 Å². The number of hydrogen-bond donors (Lipinski definition) is 1. The van der Waals surface area contributed by atoms with Gasteiger partial charge in [-0.2, -0.15) is 0 Å². The van der Waals surface area contributed by atoms with Gasteiger partial charge < -0.3 is 29.2 Å². The van der Waals surface area contributed by atoms with Gasteiger partial charge in [0.15, 0.2) is 23.0 Å². The highest BCUT2D eigenvalue weighted by Crippen LogP contribution is 2.32. The van der Waals surface area contributed by atoms with Gasteiger partial charge in [0.1, 0.15) is 0 Å². The number of halogens is 1. The minimum Gasteiger partial charge on any atom is -0.493 e. The Kier molecular flexibility index (Phi) is 11.3. The third-order valence-electron chi connectivity index (χ3n) is 6.10. The number of nitrogens with zero attached hydrogens (tertiary/aromatic N) is 1. The van der Waals surface area contributed by atoms with Crippen molar-refractivity contribution >= 4 is 18.3 Å². The molecule has 188 valence electrons. The average molecular weight is 493 g/mol. The van der Waals surface area contributed by atoms with Crippen molar-refractivity contribution < 1.29 is 23.7 Å². The lowest BCUT2D eigenvalue weighted by Gasteiger charge is -2.20. The Bertz CT molecular complexity index is 938. The maximum absolute atomic E-state index is 12.8. The molecule has 8 heteroatoms. The quantitative estimate of drug-likeness (QED) is 0.456. The Balaban J connectivity index is 0.00000408. The zero-order valence-corrected chi connectivity index (χ0v) is 21.5. The summed E-state index contributed by atoms with van der Waals surface area (Å²) in [5.41, 5.74) is 3.43. The second-order valence-corrected chi connectivity index (χ2v) is 8.18. The smallest absolute Gasteiger partial charge is 0.227 e. The van der Waals surface area contributed by atoms with Crippen LogP contribution in [0.3, 0.4) is 0 Å². The number of methoxy groups -OCH3 is 4. The molecule has 0 fully saturated rings. The van der Waals surface area contributed by atoms with Gasteiger partial charge in [0.2, 0.25) is 5.91 Å². The van der Waals surface area contributed by atoms with Gasteiger partial charge in [-0.25, -0.2) is 0 Å². The maximum Gasteiger partial charge on any atom is 0.227 e. The standard InChI is InChI=1S/C26H36N2O5.ClH/c1-30-22-9-8-19(15-23(22)31-2)7-5-11-27-12-6-13-28-14-10-20-16-24(32-3)25(33-4)17-21(20)18-26(28)29;/h8-9,15-17,27H,5-7,10-14,18H2,1-4H3;1H. The first kappa shape index (κ1) is 27.6. The van der Waals surface area contributed by atoms with Crippen LogP contribution in [0.2, 0.25) is 0 Å². The Morgan fingerprint density at radius 1 is 0.824 bits per heavy atom. The van der Waals surface area contributed by atoms with Crippen LogP contribution in [-0.4, -0.2) is 65.4 Å². The van der Waals surface area contributed by atoms with Crippen molar-refractivity contribution in [2.75, 3.05) is 54.6 Å². The number of fused-ring (bicyclic) bond motifs is 1. The monoisotopic (exact) mass is 492 g/mol. The second-order valence-electron chi connectivity index (χ2n) is 8.18. The Labute approximate surface area is 209 Å². The molecule has 0 aromatic heterocycles. The van der Waals surface area contributed by atoms with E-state index in [1.165, 1.54) is 5.56 Å². The second kappa shape index (κ2) is 13.9. The van der Waals surface area contributed by atoms with Gasteiger partial charge in [0, 0.05) is 13.1 Å². The van der Waals surface area contributed by atoms with Gasteiger partial charge in [0.05, 0.1) is 34.9 Å². The Hall–Kier alpha value is -2.64. The molecule has 0 bridgehead atoms. The highest BCUT2D eigenvalue weighted by atomic mass is 35.5. The Morgan fingerprint density at radius 2 is 1.44 bits per heavy atom. The molecule has 34 heavy (non-hydrogen) atoms. The van der Waals surface area contributed by atoms with Crippen LogP contribution in [0.4, 0.5) is 0 Å². The molecule has 0 saturated carbocycles. The van der Waals surface area contributed by atoms with Crippen LogP contribution in [0.1, 0.15) is 29.5 Å². The molecule has 3 rings (SSSR count). The van der Waals surface area contributed by atoms with Crippen LogP contribution in [-0.2, 0) is 24.1 Å². The number of aryl methyl sites for hydroxylation is 1. The number of benzene rings is 2. The molecule has 0 atom stereocenters. The maximum atomic E-state index is 12.8. The van der Waals surface area contributed by atoms with Crippen LogP contribution in [0.25, 0.3) is 0 Å². The highest BCUT2D eigenvalue weighted by Gasteiger charge is 2.22. The molecule has 0 aliphatic carbocycles. The van der Waals surface area contributed by atoms with E-state index in [0.717, 1.165) is 80.2 Å². The van der Waals surface area contributed by atoms with E-state index >= 15 is 0 Å². The van der Waals surface area contributed by atoms with Crippen LogP contribution in [0, 0.1) is 0 Å². The third-order valence-corrected chi connectivity index (χ3v) is 6.10. The van der Waals surface area contributed by atoms with Crippen molar-refractivity contribution in [3.8, 4) is 23.0 Å². The van der Waals surface area contributed by atoms with E-state index < -0.39 is 0 Å². The number of hydrogen-bond acceptors (Lipinski definition) is 6. The normalized spacial score (nSPS) is 12.9. The van der Waals surface area contributed by atoms with Gasteiger partial charge in [-0.1, -0.05) is 6.07 Å². The predicted octanol–water partition coefficient (Wildman–Crippen LogP) is 3.68. The number of rotatable bonds is 12. The summed E-state index contributed by atoms with van der Waals surface area (Å²) in [6.07, 6.45) is 4.19. The van der Waals surface area contributed by atoms with Gasteiger partial charge in [0.25, 0.3) is 0 Å². The number of amides is 1. The van der Waals surface area contributed by atoms with E-state index in [4.69, 9.17) is 18.9 Å². The van der Waals surface area contributed by atoms with Crippen molar-refractivity contribution in [2.45, 2.75) is 32.1 Å². The average Bonchev–Trinajstić information content (AvgIpc) is 2.99. The summed E-state index contributed by atoms with van der Waals surface area (Å²) in [6, 6.07) is 10.0. The summed E-state index contributed by atoms with van der Waals surface area (Å²) in [4.78, 5) is 14.7. The predicted molar refractivity (Wildman–Crippen MR) is 136 cm³/mol. The highest BCUT2D eigenvalue weighted by molar-refractivity contribution is 5.85. The van der Waals surface area contributed by atoms with Gasteiger partial charge in [-0.05, 0) is 79.7 Å². The van der Waals surface area contributed by atoms with E-state index in [9.17, 15) is 4.79 Å². The minimum atomic E-state index is 0. The first-order valence-corrected chi connectivity index (χ1v) is 11.5. The van der Waals surface area contributed by atoms with Crippen molar-refractivity contribution in [3.05, 3.63) is 47.0 Å². The lowest BCUT2D eigenvalue weighted by atomic mass is 10.0. The fraction of sp³-hybridized carbons (Fsp3) is 0.500. The summed E-state index contributed by atoms with van der Waals surface area (Å²) < 4.78 is 21.5. The molecular formula is C26H37ClN2O5. The van der Waals surface area contributed by atoms with E-state index in [1.54, 1.807) is 28.4 Å². The molecular weight excluding hydrogens is 456 g/mol. The molecule has 1 aliphatic rings. The topological polar surface area (TPSA) is 69.3 Å². The molecule has 1 heterocycles. The fourth-order valence-electron chi connectivity index (χ4n) is 4.23. The Morgan fingerprint density at radius 3 is 2.12 bits per heavy atom. The molecule has 0 saturated heterocycles. The molecule has 0 spiro atoms. The van der Waals surface area contributed by atoms with Crippen molar-refractivity contribution in [3.63, 3.8) is 0 Å². The molecule has 1 aliphatic heterocycles. The first-order chi connectivity index (χ1) is 16.1. The molecule has 1 amide bonds. The first-order valence-electron chi connectivity index (χ1n) is 11.5. The number of carbonyl (C=O) groups excluding carboxylic acids is 1. The molecule has 0 unspecified atom stereocenters. The van der Waals surface area contributed by atoms with Crippen LogP contribution in [0.5, 0.6) is 23.0 Å². The summed E-state index contributed by atoms with van der Waals surface area (Å²) >= 11 is 0. The number of carbonyl (C=O) groups is 1. The van der Waals surface area contributed by atoms with E-state index in [2.05, 4.69) is 11.4 Å². The molecule has 2 aromatic rings. The number of nitrogens with one attached hydrogen (secondary N) is 1. The molecule has 2 aromatic carbocycles. The summed E-state index contributed by atoms with van der Waals surface area (Å²) in [5, 5.41) is 3.50. The summed E-state index contributed by atoms with van der Waals surface area (Å²) in [5.74, 6) is 3.09. The van der Waals surface area contributed by atoms with Crippen molar-refractivity contribution in [2.24, 2.45) is 0 Å². The van der Waals surface area contributed by atoms with Crippen molar-refractivity contribution in [1.82, 2.24) is 10.2 Å². The van der Waals surface area contributed by atoms with Gasteiger partial charge >= 0.3 is 0 Å². The lowest BCUT2D eigenvalue weighted by molar-refractivity contribution is -0.130. The largest absolute Gasteiger partial charge is 0.493 e. The van der Waals surface area contributed by atoms with E-state index in [1.807, 2.05) is 29.2 Å². The van der Waals surface area contributed by atoms with Crippen molar-refractivity contribution in [1.29, 1.82) is 0 Å². The fourth-order valence-corrected chi connectivity index (χ4v) is 4.23. The zero-order chi connectivity index (χ0) is 23.6. The number of ether oxygens (including phenoxy) is 4. The van der Waals surface area contributed by atoms with Crippen LogP contribution < -0.4 is 24.3 Å². The van der Waals surface area contributed by atoms with E-state index in [-0.39, 0.29) is 18.3 Å². The van der Waals surface area contributed by atoms with Gasteiger partial charge in [-0.15, -0.1) is 12.4 Å². The molecule has 0 radical (unpaired) electrons.